The summed E-state index contributed by atoms with van der Waals surface area (Å²) in [5.41, 5.74) is 3.79. The third-order valence-electron chi connectivity index (χ3n) is 3.36. The van der Waals surface area contributed by atoms with Crippen molar-refractivity contribution in [2.45, 2.75) is 6.61 Å². The first kappa shape index (κ1) is 19.6. The predicted molar refractivity (Wildman–Crippen MR) is 109 cm³/mol. The molecule has 1 N–H and O–H groups in total. The standard InChI is InChI=1S/C18H12Cl3N3O2S/c19-15-6-1-11(7-16(15)20)10-26-13-4-2-12(3-5-13)17(25)24-23-9-14-8-22-18(21)27-14/h1-9H,10H2,(H,24,25)/b23-9+. The summed E-state index contributed by atoms with van der Waals surface area (Å²) in [6.07, 6.45) is 3.05. The Morgan fingerprint density at radius 3 is 2.59 bits per heavy atom. The third kappa shape index (κ3) is 5.68. The number of rotatable bonds is 6. The van der Waals surface area contributed by atoms with E-state index in [0.29, 0.717) is 32.4 Å². The molecule has 1 aromatic heterocycles. The highest BCUT2D eigenvalue weighted by Crippen LogP contribution is 2.23. The van der Waals surface area contributed by atoms with E-state index in [1.54, 1.807) is 42.6 Å². The summed E-state index contributed by atoms with van der Waals surface area (Å²) in [6, 6.07) is 12.0. The Kier molecular flexibility index (Phi) is 6.68. The van der Waals surface area contributed by atoms with Crippen molar-refractivity contribution in [3.05, 3.63) is 79.2 Å². The lowest BCUT2D eigenvalue weighted by Gasteiger charge is -2.08. The molecule has 0 radical (unpaired) electrons. The minimum Gasteiger partial charge on any atom is -0.489 e. The van der Waals surface area contributed by atoms with E-state index < -0.39 is 0 Å². The molecule has 0 unspecified atom stereocenters. The van der Waals surface area contributed by atoms with Crippen LogP contribution in [0.2, 0.25) is 14.5 Å². The molecular formula is C18H12Cl3N3O2S. The monoisotopic (exact) mass is 439 g/mol. The van der Waals surface area contributed by atoms with Gasteiger partial charge < -0.3 is 4.74 Å². The highest BCUT2D eigenvalue weighted by Gasteiger charge is 2.05. The van der Waals surface area contributed by atoms with Crippen molar-refractivity contribution >= 4 is 58.3 Å². The van der Waals surface area contributed by atoms with Gasteiger partial charge in [0.25, 0.3) is 5.91 Å². The summed E-state index contributed by atoms with van der Waals surface area (Å²) < 4.78 is 6.10. The summed E-state index contributed by atoms with van der Waals surface area (Å²) >= 11 is 18.9. The molecule has 0 aliphatic heterocycles. The number of carbonyl (C=O) groups excluding carboxylic acids is 1. The zero-order chi connectivity index (χ0) is 19.2. The number of benzene rings is 2. The molecule has 3 aromatic rings. The lowest BCUT2D eigenvalue weighted by atomic mass is 10.2. The van der Waals surface area contributed by atoms with Gasteiger partial charge in [0, 0.05) is 11.8 Å². The van der Waals surface area contributed by atoms with Crippen molar-refractivity contribution in [2.75, 3.05) is 0 Å². The third-order valence-corrected chi connectivity index (χ3v) is 5.15. The first-order chi connectivity index (χ1) is 13.0. The number of amides is 1. The number of carbonyl (C=O) groups is 1. The second-order valence-electron chi connectivity index (χ2n) is 5.28. The van der Waals surface area contributed by atoms with Crippen LogP contribution in [0.1, 0.15) is 20.8 Å². The molecule has 0 saturated carbocycles. The maximum atomic E-state index is 12.1. The summed E-state index contributed by atoms with van der Waals surface area (Å²) in [4.78, 5) is 16.7. The summed E-state index contributed by atoms with van der Waals surface area (Å²) in [5, 5.41) is 4.85. The average Bonchev–Trinajstić information content (AvgIpc) is 3.08. The zero-order valence-electron chi connectivity index (χ0n) is 13.7. The van der Waals surface area contributed by atoms with Gasteiger partial charge in [-0.05, 0) is 42.0 Å². The Bertz CT molecular complexity index is 974. The second kappa shape index (κ2) is 9.19. The van der Waals surface area contributed by atoms with Crippen LogP contribution in [-0.2, 0) is 6.61 Å². The van der Waals surface area contributed by atoms with Gasteiger partial charge in [0.05, 0.1) is 21.1 Å². The van der Waals surface area contributed by atoms with E-state index in [9.17, 15) is 4.79 Å². The van der Waals surface area contributed by atoms with Crippen molar-refractivity contribution in [1.82, 2.24) is 10.4 Å². The van der Waals surface area contributed by atoms with E-state index in [0.717, 1.165) is 10.4 Å². The van der Waals surface area contributed by atoms with E-state index in [-0.39, 0.29) is 5.91 Å². The van der Waals surface area contributed by atoms with Gasteiger partial charge in [-0.15, -0.1) is 11.3 Å². The molecule has 27 heavy (non-hydrogen) atoms. The molecule has 2 aromatic carbocycles. The Hall–Kier alpha value is -2.12. The minimum absolute atomic E-state index is 0.335. The van der Waals surface area contributed by atoms with Crippen molar-refractivity contribution in [1.29, 1.82) is 0 Å². The molecule has 138 valence electrons. The Labute approximate surface area is 174 Å². The number of hydrazone groups is 1. The van der Waals surface area contributed by atoms with Crippen molar-refractivity contribution in [3.8, 4) is 5.75 Å². The summed E-state index contributed by atoms with van der Waals surface area (Å²) in [6.45, 7) is 0.337. The fraction of sp³-hybridized carbons (Fsp3) is 0.0556. The fourth-order valence-corrected chi connectivity index (χ4v) is 3.19. The van der Waals surface area contributed by atoms with Gasteiger partial charge in [0.1, 0.15) is 12.4 Å². The van der Waals surface area contributed by atoms with E-state index in [1.165, 1.54) is 17.6 Å². The molecule has 0 spiro atoms. The predicted octanol–water partition coefficient (Wildman–Crippen LogP) is 5.45. The molecule has 0 saturated heterocycles. The van der Waals surface area contributed by atoms with Gasteiger partial charge in [-0.25, -0.2) is 10.4 Å². The first-order valence-electron chi connectivity index (χ1n) is 7.63. The van der Waals surface area contributed by atoms with Crippen LogP contribution in [0.5, 0.6) is 5.75 Å². The highest BCUT2D eigenvalue weighted by atomic mass is 35.5. The maximum Gasteiger partial charge on any atom is 0.271 e. The van der Waals surface area contributed by atoms with E-state index in [1.807, 2.05) is 6.07 Å². The van der Waals surface area contributed by atoms with Gasteiger partial charge in [0.15, 0.2) is 4.47 Å². The Morgan fingerprint density at radius 1 is 1.15 bits per heavy atom. The lowest BCUT2D eigenvalue weighted by Crippen LogP contribution is -2.17. The second-order valence-corrected chi connectivity index (χ2v) is 7.73. The quantitative estimate of drug-likeness (QED) is 0.410. The molecule has 0 atom stereocenters. The molecule has 0 aliphatic rings. The van der Waals surface area contributed by atoms with Crippen LogP contribution >= 0.6 is 46.1 Å². The Balaban J connectivity index is 1.53. The normalized spacial score (nSPS) is 10.9. The molecular weight excluding hydrogens is 429 g/mol. The van der Waals surface area contributed by atoms with Gasteiger partial charge in [-0.3, -0.25) is 4.79 Å². The SMILES string of the molecule is O=C(N/N=C/c1cnc(Cl)s1)c1ccc(OCc2ccc(Cl)c(Cl)c2)cc1. The molecule has 9 heteroatoms. The van der Waals surface area contributed by atoms with Gasteiger partial charge in [-0.1, -0.05) is 40.9 Å². The maximum absolute atomic E-state index is 12.1. The molecule has 0 bridgehead atoms. The summed E-state index contributed by atoms with van der Waals surface area (Å²) in [5.74, 6) is 0.290. The van der Waals surface area contributed by atoms with Crippen molar-refractivity contribution in [2.24, 2.45) is 5.10 Å². The lowest BCUT2D eigenvalue weighted by molar-refractivity contribution is 0.0955. The van der Waals surface area contributed by atoms with Crippen LogP contribution in [0.15, 0.2) is 53.8 Å². The van der Waals surface area contributed by atoms with Gasteiger partial charge in [-0.2, -0.15) is 5.10 Å². The molecule has 1 heterocycles. The molecule has 1 amide bonds. The smallest absolute Gasteiger partial charge is 0.271 e. The average molecular weight is 441 g/mol. The zero-order valence-corrected chi connectivity index (χ0v) is 16.7. The number of halogens is 3. The summed E-state index contributed by atoms with van der Waals surface area (Å²) in [7, 11) is 0. The van der Waals surface area contributed by atoms with Crippen LogP contribution in [0.25, 0.3) is 0 Å². The van der Waals surface area contributed by atoms with Crippen molar-refractivity contribution in [3.63, 3.8) is 0 Å². The van der Waals surface area contributed by atoms with Gasteiger partial charge >= 0.3 is 0 Å². The number of aromatic nitrogens is 1. The molecule has 3 rings (SSSR count). The number of thiazole rings is 1. The number of nitrogens with zero attached hydrogens (tertiary/aromatic N) is 2. The molecule has 0 aliphatic carbocycles. The van der Waals surface area contributed by atoms with Crippen LogP contribution in [0.3, 0.4) is 0 Å². The molecule has 5 nitrogen and oxygen atoms in total. The first-order valence-corrected chi connectivity index (χ1v) is 9.58. The van der Waals surface area contributed by atoms with Crippen LogP contribution in [-0.4, -0.2) is 17.1 Å². The number of hydrogen-bond donors (Lipinski definition) is 1. The Morgan fingerprint density at radius 2 is 1.93 bits per heavy atom. The largest absolute Gasteiger partial charge is 0.489 e. The topological polar surface area (TPSA) is 63.6 Å². The van der Waals surface area contributed by atoms with Gasteiger partial charge in [0.2, 0.25) is 0 Å². The van der Waals surface area contributed by atoms with E-state index in [4.69, 9.17) is 39.5 Å². The van der Waals surface area contributed by atoms with Crippen LogP contribution in [0, 0.1) is 0 Å². The van der Waals surface area contributed by atoms with E-state index >= 15 is 0 Å². The van der Waals surface area contributed by atoms with Crippen LogP contribution in [0.4, 0.5) is 0 Å². The van der Waals surface area contributed by atoms with Crippen LogP contribution < -0.4 is 10.2 Å². The minimum atomic E-state index is -0.335. The van der Waals surface area contributed by atoms with Crippen molar-refractivity contribution < 1.29 is 9.53 Å². The fourth-order valence-electron chi connectivity index (χ4n) is 2.04. The number of hydrogen-bond acceptors (Lipinski definition) is 5. The number of nitrogens with one attached hydrogen (secondary N) is 1. The highest BCUT2D eigenvalue weighted by molar-refractivity contribution is 7.17. The molecule has 0 fully saturated rings. The number of ether oxygens (including phenoxy) is 1. The van der Waals surface area contributed by atoms with E-state index in [2.05, 4.69) is 15.5 Å².